The maximum absolute atomic E-state index is 12.0. The van der Waals surface area contributed by atoms with Crippen LogP contribution in [0.15, 0.2) is 12.1 Å². The van der Waals surface area contributed by atoms with Crippen LogP contribution in [0, 0.1) is 0 Å². The number of anilines is 1. The van der Waals surface area contributed by atoms with Crippen molar-refractivity contribution >= 4 is 28.2 Å². The Kier molecular flexibility index (Phi) is 4.67. The van der Waals surface area contributed by atoms with E-state index in [-0.39, 0.29) is 5.91 Å². The molecule has 1 aliphatic carbocycles. The molecule has 0 saturated carbocycles. The van der Waals surface area contributed by atoms with Crippen molar-refractivity contribution in [2.24, 2.45) is 5.73 Å². The van der Waals surface area contributed by atoms with Gasteiger partial charge in [0.1, 0.15) is 16.5 Å². The number of carbonyl (C=O) groups excluding carboxylic acids is 2. The molecule has 0 atom stereocenters. The lowest BCUT2D eigenvalue weighted by Crippen LogP contribution is -2.17. The minimum Gasteiger partial charge on any atom is -0.496 e. The number of primary amides is 1. The van der Waals surface area contributed by atoms with Gasteiger partial charge in [0.2, 0.25) is 5.91 Å². The second kappa shape index (κ2) is 6.76. The monoisotopic (exact) mass is 360 g/mol. The van der Waals surface area contributed by atoms with Crippen molar-refractivity contribution in [3.63, 3.8) is 0 Å². The van der Waals surface area contributed by atoms with E-state index in [1.807, 2.05) is 19.1 Å². The summed E-state index contributed by atoms with van der Waals surface area (Å²) in [6.07, 6.45) is 1.37. The van der Waals surface area contributed by atoms with E-state index in [9.17, 15) is 9.59 Å². The molecule has 132 valence electrons. The number of thiophene rings is 1. The number of amides is 2. The zero-order valence-corrected chi connectivity index (χ0v) is 15.2. The quantitative estimate of drug-likeness (QED) is 0.858. The summed E-state index contributed by atoms with van der Waals surface area (Å²) in [4.78, 5) is 24.4. The molecule has 1 aromatic carbocycles. The van der Waals surface area contributed by atoms with Gasteiger partial charge in [-0.2, -0.15) is 0 Å². The van der Waals surface area contributed by atoms with Gasteiger partial charge in [0, 0.05) is 22.9 Å². The van der Waals surface area contributed by atoms with Gasteiger partial charge in [-0.15, -0.1) is 11.3 Å². The fourth-order valence-electron chi connectivity index (χ4n) is 3.23. The molecule has 0 unspecified atom stereocenters. The molecule has 0 saturated heterocycles. The zero-order chi connectivity index (χ0) is 18.1. The third-order valence-electron chi connectivity index (χ3n) is 4.15. The number of nitrogens with one attached hydrogen (secondary N) is 1. The van der Waals surface area contributed by atoms with Crippen molar-refractivity contribution in [3.8, 4) is 21.9 Å². The summed E-state index contributed by atoms with van der Waals surface area (Å²) >= 11 is 1.35. The third kappa shape index (κ3) is 2.95. The first-order valence-electron chi connectivity index (χ1n) is 8.04. The highest BCUT2D eigenvalue weighted by molar-refractivity contribution is 7.20. The molecule has 0 radical (unpaired) electrons. The third-order valence-corrected chi connectivity index (χ3v) is 5.31. The maximum Gasteiger partial charge on any atom is 0.252 e. The van der Waals surface area contributed by atoms with E-state index >= 15 is 0 Å². The van der Waals surface area contributed by atoms with Crippen LogP contribution in [0.25, 0.3) is 10.4 Å². The van der Waals surface area contributed by atoms with Crippen LogP contribution >= 0.6 is 11.3 Å². The predicted molar refractivity (Wildman–Crippen MR) is 97.7 cm³/mol. The highest BCUT2D eigenvalue weighted by Gasteiger charge is 2.31. The Hall–Kier alpha value is -2.54. The SMILES string of the molecule is CCOc1ccc(OC)c2c1CCc1c-2sc(NC(C)=O)c1C(N)=O. The number of carbonyl (C=O) groups is 2. The van der Waals surface area contributed by atoms with Crippen LogP contribution in [0.2, 0.25) is 0 Å². The van der Waals surface area contributed by atoms with Gasteiger partial charge in [-0.1, -0.05) is 0 Å². The Labute approximate surface area is 149 Å². The van der Waals surface area contributed by atoms with Gasteiger partial charge < -0.3 is 20.5 Å². The van der Waals surface area contributed by atoms with Gasteiger partial charge in [0.25, 0.3) is 5.91 Å². The molecule has 25 heavy (non-hydrogen) atoms. The molecule has 0 fully saturated rings. The Morgan fingerprint density at radius 3 is 2.52 bits per heavy atom. The van der Waals surface area contributed by atoms with E-state index in [0.29, 0.717) is 35.8 Å². The Balaban J connectivity index is 2.26. The van der Waals surface area contributed by atoms with Crippen LogP contribution in [0.4, 0.5) is 5.00 Å². The molecule has 0 bridgehead atoms. The van der Waals surface area contributed by atoms with E-state index in [0.717, 1.165) is 27.3 Å². The largest absolute Gasteiger partial charge is 0.496 e. The molecule has 1 heterocycles. The molecule has 3 rings (SSSR count). The second-order valence-corrected chi connectivity index (χ2v) is 6.73. The topological polar surface area (TPSA) is 90.7 Å². The van der Waals surface area contributed by atoms with Crippen molar-refractivity contribution in [1.82, 2.24) is 0 Å². The number of nitrogens with two attached hydrogens (primary N) is 1. The first-order valence-corrected chi connectivity index (χ1v) is 8.85. The normalized spacial score (nSPS) is 12.1. The van der Waals surface area contributed by atoms with Gasteiger partial charge in [0.05, 0.1) is 19.3 Å². The van der Waals surface area contributed by atoms with Crippen LogP contribution < -0.4 is 20.5 Å². The van der Waals surface area contributed by atoms with Gasteiger partial charge in [0.15, 0.2) is 0 Å². The molecule has 2 amide bonds. The molecular weight excluding hydrogens is 340 g/mol. The van der Waals surface area contributed by atoms with Crippen LogP contribution in [-0.2, 0) is 17.6 Å². The highest BCUT2D eigenvalue weighted by atomic mass is 32.1. The number of rotatable bonds is 5. The van der Waals surface area contributed by atoms with Gasteiger partial charge in [-0.05, 0) is 37.5 Å². The van der Waals surface area contributed by atoms with Crippen LogP contribution in [0.1, 0.15) is 35.3 Å². The number of benzene rings is 1. The van der Waals surface area contributed by atoms with Crippen molar-refractivity contribution in [3.05, 3.63) is 28.8 Å². The van der Waals surface area contributed by atoms with Crippen molar-refractivity contribution in [2.45, 2.75) is 26.7 Å². The summed E-state index contributed by atoms with van der Waals surface area (Å²) in [6.45, 7) is 3.92. The van der Waals surface area contributed by atoms with E-state index in [1.54, 1.807) is 7.11 Å². The predicted octanol–water partition coefficient (Wildman–Crippen LogP) is 2.98. The van der Waals surface area contributed by atoms with Crippen LogP contribution in [0.3, 0.4) is 0 Å². The fourth-order valence-corrected chi connectivity index (χ4v) is 4.61. The Morgan fingerprint density at radius 1 is 1.24 bits per heavy atom. The van der Waals surface area contributed by atoms with Gasteiger partial charge >= 0.3 is 0 Å². The molecule has 6 nitrogen and oxygen atoms in total. The molecule has 0 aliphatic heterocycles. The van der Waals surface area contributed by atoms with Gasteiger partial charge in [-0.3, -0.25) is 9.59 Å². The molecule has 0 spiro atoms. The lowest BCUT2D eigenvalue weighted by molar-refractivity contribution is -0.114. The first kappa shape index (κ1) is 17.3. The lowest BCUT2D eigenvalue weighted by Gasteiger charge is -2.22. The standard InChI is InChI=1S/C18H20N2O4S/c1-4-24-12-7-8-13(23-3)14-10(12)5-6-11-15(17(19)22)18(20-9(2)21)25-16(11)14/h7-8H,4-6H2,1-3H3,(H2,19,22)(H,20,21). The zero-order valence-electron chi connectivity index (χ0n) is 14.4. The molecular formula is C18H20N2O4S. The number of methoxy groups -OCH3 is 1. The van der Waals surface area contributed by atoms with E-state index in [1.165, 1.54) is 18.3 Å². The second-order valence-electron chi connectivity index (χ2n) is 5.71. The molecule has 1 aromatic heterocycles. The molecule has 1 aliphatic rings. The lowest BCUT2D eigenvalue weighted by atomic mass is 9.88. The van der Waals surface area contributed by atoms with E-state index in [4.69, 9.17) is 15.2 Å². The summed E-state index contributed by atoms with van der Waals surface area (Å²) in [5, 5.41) is 3.21. The molecule has 2 aromatic rings. The number of ether oxygens (including phenoxy) is 2. The Morgan fingerprint density at radius 2 is 1.92 bits per heavy atom. The smallest absolute Gasteiger partial charge is 0.252 e. The highest BCUT2D eigenvalue weighted by Crippen LogP contribution is 2.50. The van der Waals surface area contributed by atoms with Crippen molar-refractivity contribution in [1.29, 1.82) is 0 Å². The first-order chi connectivity index (χ1) is 12.0. The summed E-state index contributed by atoms with van der Waals surface area (Å²) < 4.78 is 11.3. The minimum absolute atomic E-state index is 0.239. The fraction of sp³-hybridized carbons (Fsp3) is 0.333. The van der Waals surface area contributed by atoms with Crippen molar-refractivity contribution in [2.75, 3.05) is 19.0 Å². The van der Waals surface area contributed by atoms with Gasteiger partial charge in [-0.25, -0.2) is 0 Å². The van der Waals surface area contributed by atoms with E-state index in [2.05, 4.69) is 5.32 Å². The maximum atomic E-state index is 12.0. The summed E-state index contributed by atoms with van der Waals surface area (Å²) in [6, 6.07) is 3.77. The average Bonchev–Trinajstić information content (AvgIpc) is 2.92. The van der Waals surface area contributed by atoms with E-state index < -0.39 is 5.91 Å². The molecule has 7 heteroatoms. The Bertz CT molecular complexity index is 857. The number of fused-ring (bicyclic) bond motifs is 3. The van der Waals surface area contributed by atoms with Crippen molar-refractivity contribution < 1.29 is 19.1 Å². The number of hydrogen-bond acceptors (Lipinski definition) is 5. The summed E-state index contributed by atoms with van der Waals surface area (Å²) in [5.41, 5.74) is 8.81. The average molecular weight is 360 g/mol. The minimum atomic E-state index is -0.537. The summed E-state index contributed by atoms with van der Waals surface area (Å²) in [7, 11) is 1.61. The molecule has 3 N–H and O–H groups in total. The van der Waals surface area contributed by atoms with Crippen LogP contribution in [0.5, 0.6) is 11.5 Å². The number of hydrogen-bond donors (Lipinski definition) is 2. The van der Waals surface area contributed by atoms with Crippen LogP contribution in [-0.4, -0.2) is 25.5 Å². The summed E-state index contributed by atoms with van der Waals surface area (Å²) in [5.74, 6) is 0.756.